The molecule has 0 aliphatic carbocycles. The third-order valence-electron chi connectivity index (χ3n) is 3.66. The number of non-ortho nitro benzene ring substituents is 1. The predicted octanol–water partition coefficient (Wildman–Crippen LogP) is 2.33. The molecule has 0 N–H and O–H groups in total. The van der Waals surface area contributed by atoms with Gasteiger partial charge in [-0.15, -0.1) is 0 Å². The fourth-order valence-electron chi connectivity index (χ4n) is 2.77. The molecule has 5 nitrogen and oxygen atoms in total. The Kier molecular flexibility index (Phi) is 3.87. The standard InChI is InChI=1S/C14H20N2O3/c1-14(2)10-15(6-7-19-3)9-11-4-5-12(16(17)18)8-13(11)14/h4-5,8H,6-7,9-10H2,1-3H3. The van der Waals surface area contributed by atoms with E-state index in [0.29, 0.717) is 6.61 Å². The van der Waals surface area contributed by atoms with E-state index in [1.54, 1.807) is 19.2 Å². The monoisotopic (exact) mass is 264 g/mol. The van der Waals surface area contributed by atoms with Gasteiger partial charge in [0.15, 0.2) is 0 Å². The molecule has 0 saturated carbocycles. The van der Waals surface area contributed by atoms with Crippen LogP contribution >= 0.6 is 0 Å². The molecule has 0 fully saturated rings. The number of fused-ring (bicyclic) bond motifs is 1. The van der Waals surface area contributed by atoms with Crippen LogP contribution in [0.2, 0.25) is 0 Å². The lowest BCUT2D eigenvalue weighted by Crippen LogP contribution is -2.43. The van der Waals surface area contributed by atoms with Gasteiger partial charge in [-0.3, -0.25) is 15.0 Å². The van der Waals surface area contributed by atoms with Crippen LogP contribution in [-0.2, 0) is 16.7 Å². The van der Waals surface area contributed by atoms with Crippen molar-refractivity contribution in [3.8, 4) is 0 Å². The normalized spacial score (nSPS) is 18.1. The minimum absolute atomic E-state index is 0.0760. The summed E-state index contributed by atoms with van der Waals surface area (Å²) in [5, 5.41) is 10.9. The van der Waals surface area contributed by atoms with Crippen molar-refractivity contribution < 1.29 is 9.66 Å². The van der Waals surface area contributed by atoms with Crippen molar-refractivity contribution >= 4 is 5.69 Å². The van der Waals surface area contributed by atoms with E-state index in [-0.39, 0.29) is 16.0 Å². The van der Waals surface area contributed by atoms with Crippen LogP contribution in [0.3, 0.4) is 0 Å². The second kappa shape index (κ2) is 5.27. The highest BCUT2D eigenvalue weighted by Gasteiger charge is 2.32. The second-order valence-electron chi connectivity index (χ2n) is 5.69. The maximum atomic E-state index is 10.9. The van der Waals surface area contributed by atoms with Gasteiger partial charge in [0.25, 0.3) is 5.69 Å². The van der Waals surface area contributed by atoms with E-state index in [4.69, 9.17) is 4.74 Å². The Morgan fingerprint density at radius 2 is 2.21 bits per heavy atom. The average molecular weight is 264 g/mol. The summed E-state index contributed by atoms with van der Waals surface area (Å²) < 4.78 is 5.12. The maximum Gasteiger partial charge on any atom is 0.269 e. The molecular formula is C14H20N2O3. The van der Waals surface area contributed by atoms with E-state index in [9.17, 15) is 10.1 Å². The Bertz CT molecular complexity index is 486. The minimum Gasteiger partial charge on any atom is -0.383 e. The van der Waals surface area contributed by atoms with Crippen LogP contribution in [0.15, 0.2) is 18.2 Å². The molecule has 0 radical (unpaired) electrons. The number of nitro benzene ring substituents is 1. The summed E-state index contributed by atoms with van der Waals surface area (Å²) in [6.45, 7) is 7.59. The number of ether oxygens (including phenoxy) is 1. The lowest BCUT2D eigenvalue weighted by atomic mass is 9.78. The zero-order chi connectivity index (χ0) is 14.0. The fraction of sp³-hybridized carbons (Fsp3) is 0.571. The maximum absolute atomic E-state index is 10.9. The zero-order valence-electron chi connectivity index (χ0n) is 11.7. The van der Waals surface area contributed by atoms with Gasteiger partial charge in [-0.1, -0.05) is 19.9 Å². The molecule has 1 aromatic rings. The molecule has 1 aliphatic rings. The molecule has 1 aliphatic heterocycles. The summed E-state index contributed by atoms with van der Waals surface area (Å²) in [6.07, 6.45) is 0. The third-order valence-corrected chi connectivity index (χ3v) is 3.66. The molecule has 0 amide bonds. The van der Waals surface area contributed by atoms with E-state index in [2.05, 4.69) is 18.7 Å². The third kappa shape index (κ3) is 2.93. The Balaban J connectivity index is 2.30. The Labute approximate surface area is 113 Å². The topological polar surface area (TPSA) is 55.6 Å². The SMILES string of the molecule is COCCN1Cc2ccc([N+](=O)[O-])cc2C(C)(C)C1. The lowest BCUT2D eigenvalue weighted by Gasteiger charge is -2.39. The van der Waals surface area contributed by atoms with Gasteiger partial charge in [0, 0.05) is 44.3 Å². The highest BCUT2D eigenvalue weighted by Crippen LogP contribution is 2.35. The number of rotatable bonds is 4. The second-order valence-corrected chi connectivity index (χ2v) is 5.69. The number of hydrogen-bond donors (Lipinski definition) is 0. The molecular weight excluding hydrogens is 244 g/mol. The van der Waals surface area contributed by atoms with E-state index in [0.717, 1.165) is 25.2 Å². The van der Waals surface area contributed by atoms with Crippen LogP contribution in [0.4, 0.5) is 5.69 Å². The molecule has 0 bridgehead atoms. The summed E-state index contributed by atoms with van der Waals surface area (Å²) in [4.78, 5) is 12.9. The summed E-state index contributed by atoms with van der Waals surface area (Å²) in [5.41, 5.74) is 2.37. The molecule has 0 spiro atoms. The molecule has 0 saturated heterocycles. The van der Waals surface area contributed by atoms with Gasteiger partial charge >= 0.3 is 0 Å². The predicted molar refractivity (Wildman–Crippen MR) is 73.3 cm³/mol. The first-order valence-electron chi connectivity index (χ1n) is 6.43. The van der Waals surface area contributed by atoms with Gasteiger partial charge in [-0.2, -0.15) is 0 Å². The van der Waals surface area contributed by atoms with Crippen LogP contribution < -0.4 is 0 Å². The first kappa shape index (κ1) is 14.0. The molecule has 104 valence electrons. The number of nitrogens with zero attached hydrogens (tertiary/aromatic N) is 2. The highest BCUT2D eigenvalue weighted by molar-refractivity contribution is 5.44. The first-order valence-corrected chi connectivity index (χ1v) is 6.43. The van der Waals surface area contributed by atoms with Gasteiger partial charge < -0.3 is 4.74 Å². The molecule has 2 rings (SSSR count). The fourth-order valence-corrected chi connectivity index (χ4v) is 2.77. The molecule has 1 aromatic carbocycles. The van der Waals surface area contributed by atoms with E-state index >= 15 is 0 Å². The van der Waals surface area contributed by atoms with Gasteiger partial charge in [-0.25, -0.2) is 0 Å². The quantitative estimate of drug-likeness (QED) is 0.618. The van der Waals surface area contributed by atoms with Crippen LogP contribution in [0.25, 0.3) is 0 Å². The van der Waals surface area contributed by atoms with E-state index in [1.807, 2.05) is 6.07 Å². The number of nitro groups is 1. The van der Waals surface area contributed by atoms with Crippen molar-refractivity contribution in [2.75, 3.05) is 26.8 Å². The van der Waals surface area contributed by atoms with E-state index < -0.39 is 0 Å². The van der Waals surface area contributed by atoms with Crippen molar-refractivity contribution in [2.45, 2.75) is 25.8 Å². The number of hydrogen-bond acceptors (Lipinski definition) is 4. The van der Waals surface area contributed by atoms with Gasteiger partial charge in [-0.05, 0) is 11.1 Å². The van der Waals surface area contributed by atoms with Crippen molar-refractivity contribution in [3.05, 3.63) is 39.4 Å². The Morgan fingerprint density at radius 3 is 2.84 bits per heavy atom. The smallest absolute Gasteiger partial charge is 0.269 e. The van der Waals surface area contributed by atoms with Gasteiger partial charge in [0.1, 0.15) is 0 Å². The zero-order valence-corrected chi connectivity index (χ0v) is 11.7. The molecule has 1 heterocycles. The highest BCUT2D eigenvalue weighted by atomic mass is 16.6. The van der Waals surface area contributed by atoms with Crippen molar-refractivity contribution in [1.82, 2.24) is 4.90 Å². The van der Waals surface area contributed by atoms with Crippen LogP contribution in [0, 0.1) is 10.1 Å². The largest absolute Gasteiger partial charge is 0.383 e. The molecule has 0 atom stereocenters. The summed E-state index contributed by atoms with van der Waals surface area (Å²) >= 11 is 0. The molecule has 19 heavy (non-hydrogen) atoms. The van der Waals surface area contributed by atoms with Crippen LogP contribution in [-0.4, -0.2) is 36.6 Å². The van der Waals surface area contributed by atoms with Gasteiger partial charge in [0.2, 0.25) is 0 Å². The van der Waals surface area contributed by atoms with Crippen LogP contribution in [0.1, 0.15) is 25.0 Å². The Morgan fingerprint density at radius 1 is 1.47 bits per heavy atom. The molecule has 5 heteroatoms. The average Bonchev–Trinajstić information content (AvgIpc) is 2.35. The first-order chi connectivity index (χ1) is 8.94. The van der Waals surface area contributed by atoms with Gasteiger partial charge in [0.05, 0.1) is 11.5 Å². The van der Waals surface area contributed by atoms with Crippen molar-refractivity contribution in [1.29, 1.82) is 0 Å². The Hall–Kier alpha value is -1.46. The van der Waals surface area contributed by atoms with Crippen molar-refractivity contribution in [2.24, 2.45) is 0 Å². The number of methoxy groups -OCH3 is 1. The van der Waals surface area contributed by atoms with Crippen LogP contribution in [0.5, 0.6) is 0 Å². The molecule has 0 aromatic heterocycles. The summed E-state index contributed by atoms with van der Waals surface area (Å²) in [7, 11) is 1.70. The summed E-state index contributed by atoms with van der Waals surface area (Å²) in [5.74, 6) is 0. The van der Waals surface area contributed by atoms with E-state index in [1.165, 1.54) is 5.56 Å². The lowest BCUT2D eigenvalue weighted by molar-refractivity contribution is -0.385. The minimum atomic E-state index is -0.326. The summed E-state index contributed by atoms with van der Waals surface area (Å²) in [6, 6.07) is 5.20. The van der Waals surface area contributed by atoms with Crippen molar-refractivity contribution in [3.63, 3.8) is 0 Å². The molecule has 0 unspecified atom stereocenters. The number of benzene rings is 1.